The Bertz CT molecular complexity index is 1290. The van der Waals surface area contributed by atoms with Crippen molar-refractivity contribution in [1.29, 1.82) is 0 Å². The highest BCUT2D eigenvalue weighted by atomic mass is 28.3. The summed E-state index contributed by atoms with van der Waals surface area (Å²) >= 11 is 0. The second kappa shape index (κ2) is 10.9. The summed E-state index contributed by atoms with van der Waals surface area (Å²) in [6.07, 6.45) is 31.1. The Morgan fingerprint density at radius 2 is 0.949 bits per heavy atom. The summed E-state index contributed by atoms with van der Waals surface area (Å²) in [5.74, 6) is 0.823. The highest BCUT2D eigenvalue weighted by Crippen LogP contribution is 2.55. The van der Waals surface area contributed by atoms with E-state index >= 15 is 0 Å². The minimum Gasteiger partial charge on any atom is -0.0732 e. The molecule has 0 radical (unpaired) electrons. The maximum atomic E-state index is 2.72. The van der Waals surface area contributed by atoms with Gasteiger partial charge >= 0.3 is 0 Å². The summed E-state index contributed by atoms with van der Waals surface area (Å²) in [5, 5.41) is 0. The first-order chi connectivity index (χ1) is 19.0. The number of allylic oxidation sites excluding steroid dienone is 10. The molecule has 0 aromatic heterocycles. The zero-order valence-corrected chi connectivity index (χ0v) is 25.3. The van der Waals surface area contributed by atoms with E-state index in [2.05, 4.69) is 124 Å². The van der Waals surface area contributed by atoms with E-state index in [4.69, 9.17) is 0 Å². The van der Waals surface area contributed by atoms with E-state index in [1.54, 1.807) is 22.3 Å². The molecule has 0 saturated carbocycles. The van der Waals surface area contributed by atoms with Gasteiger partial charge in [-0.25, -0.2) is 0 Å². The van der Waals surface area contributed by atoms with Gasteiger partial charge in [-0.2, -0.15) is 0 Å². The second-order valence-electron chi connectivity index (χ2n) is 12.6. The van der Waals surface area contributed by atoms with Crippen molar-refractivity contribution >= 4 is 20.2 Å². The average molecular weight is 529 g/mol. The standard InChI is InChI=1S/C38H44Si/c1-5-7-15-29-25-35-31(27-17-9-10-18-27)21-13-23-33(35)37(29)39(3,4)38-30(16-8-6-2)26-36-32(22-14-24-34(36)38)28-19-11-12-20-28/h9-14,17-28,37-38H,5-8,15-16H2,1-4H3. The fraction of sp³-hybridized carbons (Fsp3) is 0.368. The molecular weight excluding hydrogens is 485 g/mol. The molecule has 2 unspecified atom stereocenters. The van der Waals surface area contributed by atoms with Crippen molar-refractivity contribution in [2.75, 3.05) is 0 Å². The normalized spacial score (nSPS) is 21.6. The Balaban J connectivity index is 1.47. The highest BCUT2D eigenvalue weighted by Gasteiger charge is 2.48. The summed E-state index contributed by atoms with van der Waals surface area (Å²) < 4.78 is 0. The van der Waals surface area contributed by atoms with Crippen LogP contribution in [0.5, 0.6) is 0 Å². The molecule has 0 N–H and O–H groups in total. The SMILES string of the molecule is CCCCC1=Cc2c(C3C=CC=C3)cccc2C1[Si](C)(C)C1C(CCCC)=Cc2c(C3C=CC=C3)cccc21. The monoisotopic (exact) mass is 528 g/mol. The lowest BCUT2D eigenvalue weighted by molar-refractivity contribution is 0.750. The van der Waals surface area contributed by atoms with Crippen LogP contribution in [-0.4, -0.2) is 8.07 Å². The predicted octanol–water partition coefficient (Wildman–Crippen LogP) is 10.9. The van der Waals surface area contributed by atoms with Crippen LogP contribution in [0.1, 0.15) is 109 Å². The summed E-state index contributed by atoms with van der Waals surface area (Å²) in [6, 6.07) is 14.4. The van der Waals surface area contributed by atoms with Crippen LogP contribution in [0.25, 0.3) is 12.2 Å². The van der Waals surface area contributed by atoms with Gasteiger partial charge in [-0.1, -0.05) is 148 Å². The van der Waals surface area contributed by atoms with Crippen molar-refractivity contribution in [2.24, 2.45) is 0 Å². The Labute approximate surface area is 237 Å². The first kappa shape index (κ1) is 26.3. The van der Waals surface area contributed by atoms with Crippen molar-refractivity contribution in [3.8, 4) is 0 Å². The third-order valence-corrected chi connectivity index (χ3v) is 14.1. The van der Waals surface area contributed by atoms with Gasteiger partial charge in [0.1, 0.15) is 0 Å². The molecule has 0 amide bonds. The molecule has 39 heavy (non-hydrogen) atoms. The van der Waals surface area contributed by atoms with Crippen LogP contribution in [0.3, 0.4) is 0 Å². The smallest absolute Gasteiger partial charge is 0.0722 e. The van der Waals surface area contributed by atoms with Crippen molar-refractivity contribution in [2.45, 2.75) is 88.4 Å². The molecule has 2 aromatic rings. The van der Waals surface area contributed by atoms with Crippen LogP contribution >= 0.6 is 0 Å². The van der Waals surface area contributed by atoms with Crippen molar-refractivity contribution in [3.63, 3.8) is 0 Å². The summed E-state index contributed by atoms with van der Waals surface area (Å²) in [7, 11) is -1.90. The van der Waals surface area contributed by atoms with Crippen molar-refractivity contribution in [3.05, 3.63) is 130 Å². The molecule has 4 aliphatic carbocycles. The fourth-order valence-electron chi connectivity index (χ4n) is 7.96. The van der Waals surface area contributed by atoms with Gasteiger partial charge in [-0.15, -0.1) is 0 Å². The summed E-state index contributed by atoms with van der Waals surface area (Å²) in [4.78, 5) is 0. The first-order valence-electron chi connectivity index (χ1n) is 15.4. The van der Waals surface area contributed by atoms with Crippen LogP contribution in [0.2, 0.25) is 13.1 Å². The van der Waals surface area contributed by atoms with Gasteiger partial charge in [0.15, 0.2) is 0 Å². The Morgan fingerprint density at radius 1 is 0.564 bits per heavy atom. The quantitative estimate of drug-likeness (QED) is 0.269. The van der Waals surface area contributed by atoms with E-state index in [-0.39, 0.29) is 0 Å². The van der Waals surface area contributed by atoms with E-state index in [1.807, 2.05) is 0 Å². The fourth-order valence-corrected chi connectivity index (χ4v) is 12.8. The maximum absolute atomic E-state index is 2.72. The molecule has 0 fully saturated rings. The average Bonchev–Trinajstić information content (AvgIpc) is 3.75. The van der Waals surface area contributed by atoms with Gasteiger partial charge in [-0.05, 0) is 59.1 Å². The Morgan fingerprint density at radius 3 is 1.33 bits per heavy atom. The highest BCUT2D eigenvalue weighted by molar-refractivity contribution is 6.81. The molecule has 6 rings (SSSR count). The minimum atomic E-state index is -1.90. The van der Waals surface area contributed by atoms with Crippen LogP contribution in [0.4, 0.5) is 0 Å². The molecule has 0 spiro atoms. The van der Waals surface area contributed by atoms with Gasteiger partial charge in [0.25, 0.3) is 0 Å². The summed E-state index contributed by atoms with van der Waals surface area (Å²) in [5.41, 5.74) is 13.9. The molecule has 4 aliphatic rings. The number of fused-ring (bicyclic) bond motifs is 2. The van der Waals surface area contributed by atoms with E-state index in [9.17, 15) is 0 Å². The lowest BCUT2D eigenvalue weighted by atomic mass is 9.93. The van der Waals surface area contributed by atoms with Crippen LogP contribution in [0, 0.1) is 0 Å². The van der Waals surface area contributed by atoms with E-state index in [0.717, 1.165) is 0 Å². The molecule has 2 aromatic carbocycles. The van der Waals surface area contributed by atoms with Crippen molar-refractivity contribution < 1.29 is 0 Å². The number of hydrogen-bond acceptors (Lipinski definition) is 0. The van der Waals surface area contributed by atoms with Gasteiger partial charge in [0.2, 0.25) is 0 Å². The van der Waals surface area contributed by atoms with E-state index in [1.165, 1.54) is 60.8 Å². The topological polar surface area (TPSA) is 0 Å². The zero-order chi connectivity index (χ0) is 27.0. The first-order valence-corrected chi connectivity index (χ1v) is 18.6. The van der Waals surface area contributed by atoms with Gasteiger partial charge in [0.05, 0.1) is 8.07 Å². The van der Waals surface area contributed by atoms with E-state index < -0.39 is 8.07 Å². The minimum absolute atomic E-state index is 0.412. The molecule has 1 heteroatoms. The molecule has 0 bridgehead atoms. The van der Waals surface area contributed by atoms with Gasteiger partial charge in [0, 0.05) is 22.9 Å². The molecule has 2 atom stereocenters. The lowest BCUT2D eigenvalue weighted by Crippen LogP contribution is -2.43. The molecule has 200 valence electrons. The maximum Gasteiger partial charge on any atom is 0.0722 e. The van der Waals surface area contributed by atoms with Crippen LogP contribution in [-0.2, 0) is 0 Å². The zero-order valence-electron chi connectivity index (χ0n) is 24.3. The van der Waals surface area contributed by atoms with Gasteiger partial charge < -0.3 is 0 Å². The molecule has 0 saturated heterocycles. The van der Waals surface area contributed by atoms with Gasteiger partial charge in [-0.3, -0.25) is 0 Å². The largest absolute Gasteiger partial charge is 0.0732 e. The Kier molecular flexibility index (Phi) is 7.38. The third kappa shape index (κ3) is 4.63. The molecular formula is C38H44Si. The predicted molar refractivity (Wildman–Crippen MR) is 173 cm³/mol. The molecule has 0 heterocycles. The third-order valence-electron chi connectivity index (χ3n) is 9.71. The molecule has 0 aliphatic heterocycles. The van der Waals surface area contributed by atoms with Crippen LogP contribution in [0.15, 0.2) is 96.2 Å². The number of unbranched alkanes of at least 4 members (excludes halogenated alkanes) is 2. The summed E-state index contributed by atoms with van der Waals surface area (Å²) in [6.45, 7) is 10.1. The number of hydrogen-bond donors (Lipinski definition) is 0. The van der Waals surface area contributed by atoms with Crippen molar-refractivity contribution in [1.82, 2.24) is 0 Å². The number of benzene rings is 2. The molecule has 0 nitrogen and oxygen atoms in total. The lowest BCUT2D eigenvalue weighted by Gasteiger charge is -2.40. The van der Waals surface area contributed by atoms with Crippen LogP contribution < -0.4 is 0 Å². The van der Waals surface area contributed by atoms with E-state index in [0.29, 0.717) is 22.9 Å². The number of rotatable bonds is 10. The Hall–Kier alpha value is -2.90. The second-order valence-corrected chi connectivity index (χ2v) is 17.4.